The Morgan fingerprint density at radius 3 is 2.50 bits per heavy atom. The molecule has 0 radical (unpaired) electrons. The van der Waals surface area contributed by atoms with E-state index in [0.717, 1.165) is 29.3 Å². The number of aliphatic imine (C=N–C) groups is 1. The van der Waals surface area contributed by atoms with Crippen LogP contribution >= 0.6 is 15.9 Å². The summed E-state index contributed by atoms with van der Waals surface area (Å²) in [4.78, 5) is 14.5. The van der Waals surface area contributed by atoms with Crippen LogP contribution in [0.5, 0.6) is 0 Å². The van der Waals surface area contributed by atoms with Gasteiger partial charge in [-0.15, -0.1) is 0 Å². The standard InChI is InChI=1S/C13H14BrNO/c1-9-6-11(7-12(14)10(9)2)13(15-8-16)4-3-5-13/h6-7H,3-5H2,1-2H3. The SMILES string of the molecule is Cc1cc(C2(N=C=O)CCC2)cc(Br)c1C. The molecule has 0 unspecified atom stereocenters. The zero-order valence-corrected chi connectivity index (χ0v) is 11.1. The highest BCUT2D eigenvalue weighted by Gasteiger charge is 2.39. The minimum atomic E-state index is -0.289. The van der Waals surface area contributed by atoms with Crippen molar-refractivity contribution in [3.8, 4) is 0 Å². The molecule has 3 heteroatoms. The smallest absolute Gasteiger partial charge is 0.211 e. The lowest BCUT2D eigenvalue weighted by Crippen LogP contribution is -2.32. The Morgan fingerprint density at radius 1 is 1.38 bits per heavy atom. The van der Waals surface area contributed by atoms with Crippen molar-refractivity contribution < 1.29 is 4.79 Å². The van der Waals surface area contributed by atoms with Crippen LogP contribution in [-0.2, 0) is 10.3 Å². The van der Waals surface area contributed by atoms with Crippen LogP contribution in [0, 0.1) is 13.8 Å². The third kappa shape index (κ3) is 1.74. The van der Waals surface area contributed by atoms with Gasteiger partial charge in [0.05, 0.1) is 5.54 Å². The van der Waals surface area contributed by atoms with E-state index < -0.39 is 0 Å². The van der Waals surface area contributed by atoms with E-state index in [9.17, 15) is 4.79 Å². The van der Waals surface area contributed by atoms with E-state index in [1.165, 1.54) is 11.1 Å². The largest absolute Gasteiger partial charge is 0.235 e. The van der Waals surface area contributed by atoms with Gasteiger partial charge in [-0.3, -0.25) is 0 Å². The van der Waals surface area contributed by atoms with Gasteiger partial charge in [-0.1, -0.05) is 22.0 Å². The van der Waals surface area contributed by atoms with Crippen molar-refractivity contribution in [1.29, 1.82) is 0 Å². The third-order valence-electron chi connectivity index (χ3n) is 3.58. The van der Waals surface area contributed by atoms with E-state index in [1.54, 1.807) is 6.08 Å². The molecule has 16 heavy (non-hydrogen) atoms. The lowest BCUT2D eigenvalue weighted by Gasteiger charge is -2.37. The van der Waals surface area contributed by atoms with Crippen molar-refractivity contribution in [2.24, 2.45) is 4.99 Å². The van der Waals surface area contributed by atoms with Gasteiger partial charge in [0.25, 0.3) is 0 Å². The molecule has 0 amide bonds. The van der Waals surface area contributed by atoms with Gasteiger partial charge >= 0.3 is 0 Å². The molecule has 2 nitrogen and oxygen atoms in total. The summed E-state index contributed by atoms with van der Waals surface area (Å²) in [6.07, 6.45) is 4.77. The molecule has 1 aliphatic carbocycles. The molecule has 0 saturated heterocycles. The van der Waals surface area contributed by atoms with Gasteiger partial charge in [-0.2, -0.15) is 4.99 Å². The number of aryl methyl sites for hydroxylation is 1. The zero-order valence-electron chi connectivity index (χ0n) is 9.51. The average molecular weight is 280 g/mol. The summed E-state index contributed by atoms with van der Waals surface area (Å²) in [5.74, 6) is 0. The predicted molar refractivity (Wildman–Crippen MR) is 67.3 cm³/mol. The summed E-state index contributed by atoms with van der Waals surface area (Å²) in [5, 5.41) is 0. The molecule has 0 atom stereocenters. The Labute approximate surface area is 104 Å². The number of hydrogen-bond acceptors (Lipinski definition) is 2. The van der Waals surface area contributed by atoms with Gasteiger partial charge in [0.15, 0.2) is 0 Å². The first-order chi connectivity index (χ1) is 7.59. The molecule has 1 aromatic carbocycles. The lowest BCUT2D eigenvalue weighted by atomic mass is 9.72. The van der Waals surface area contributed by atoms with Gasteiger partial charge in [0, 0.05) is 4.47 Å². The molecule has 2 rings (SSSR count). The van der Waals surface area contributed by atoms with Gasteiger partial charge in [0.1, 0.15) is 0 Å². The van der Waals surface area contributed by atoms with Crippen LogP contribution < -0.4 is 0 Å². The molecule has 0 N–H and O–H groups in total. The quantitative estimate of drug-likeness (QED) is 0.598. The molecule has 0 aromatic heterocycles. The molecular formula is C13H14BrNO. The molecule has 0 spiro atoms. The van der Waals surface area contributed by atoms with E-state index in [2.05, 4.69) is 46.9 Å². The van der Waals surface area contributed by atoms with Crippen molar-refractivity contribution in [3.05, 3.63) is 33.3 Å². The second kappa shape index (κ2) is 4.15. The molecule has 1 aliphatic rings. The topological polar surface area (TPSA) is 29.4 Å². The Balaban J connectivity index is 2.51. The van der Waals surface area contributed by atoms with Crippen LogP contribution in [0.1, 0.15) is 36.0 Å². The summed E-state index contributed by atoms with van der Waals surface area (Å²) in [7, 11) is 0. The van der Waals surface area contributed by atoms with Gasteiger partial charge in [0.2, 0.25) is 6.08 Å². The number of halogens is 1. The summed E-state index contributed by atoms with van der Waals surface area (Å²) < 4.78 is 1.09. The Morgan fingerprint density at radius 2 is 2.06 bits per heavy atom. The van der Waals surface area contributed by atoms with Crippen LogP contribution in [0.15, 0.2) is 21.6 Å². The van der Waals surface area contributed by atoms with Crippen LogP contribution in [0.3, 0.4) is 0 Å². The first-order valence-electron chi connectivity index (χ1n) is 5.45. The number of rotatable bonds is 2. The number of carbonyl (C=O) groups excluding carboxylic acids is 1. The normalized spacial score (nSPS) is 17.4. The zero-order chi connectivity index (χ0) is 11.8. The van der Waals surface area contributed by atoms with Crippen LogP contribution in [0.4, 0.5) is 0 Å². The molecule has 0 heterocycles. The molecule has 1 fully saturated rings. The van der Waals surface area contributed by atoms with Crippen molar-refractivity contribution in [1.82, 2.24) is 0 Å². The highest BCUT2D eigenvalue weighted by atomic mass is 79.9. The third-order valence-corrected chi connectivity index (χ3v) is 4.41. The van der Waals surface area contributed by atoms with E-state index in [4.69, 9.17) is 0 Å². The molecule has 0 bridgehead atoms. The molecular weight excluding hydrogens is 266 g/mol. The first-order valence-corrected chi connectivity index (χ1v) is 6.25. The van der Waals surface area contributed by atoms with Crippen molar-refractivity contribution in [2.75, 3.05) is 0 Å². The minimum Gasteiger partial charge on any atom is -0.211 e. The van der Waals surface area contributed by atoms with Gasteiger partial charge in [-0.05, 0) is 55.9 Å². The Kier molecular flexibility index (Phi) is 3.00. The fourth-order valence-electron chi connectivity index (χ4n) is 2.15. The number of benzene rings is 1. The van der Waals surface area contributed by atoms with Gasteiger partial charge in [-0.25, -0.2) is 4.79 Å². The average Bonchev–Trinajstić information content (AvgIpc) is 2.19. The van der Waals surface area contributed by atoms with Crippen LogP contribution in [-0.4, -0.2) is 6.08 Å². The van der Waals surface area contributed by atoms with E-state index in [-0.39, 0.29) is 5.54 Å². The summed E-state index contributed by atoms with van der Waals surface area (Å²) in [6, 6.07) is 4.22. The van der Waals surface area contributed by atoms with Crippen molar-refractivity contribution >= 4 is 22.0 Å². The molecule has 0 aliphatic heterocycles. The van der Waals surface area contributed by atoms with E-state index in [0.29, 0.717) is 0 Å². The summed E-state index contributed by atoms with van der Waals surface area (Å²) in [6.45, 7) is 4.17. The Hall–Kier alpha value is -0.920. The van der Waals surface area contributed by atoms with Gasteiger partial charge < -0.3 is 0 Å². The maximum atomic E-state index is 10.5. The summed E-state index contributed by atoms with van der Waals surface area (Å²) in [5.41, 5.74) is 3.32. The number of hydrogen-bond donors (Lipinski definition) is 0. The monoisotopic (exact) mass is 279 g/mol. The fourth-order valence-corrected chi connectivity index (χ4v) is 2.71. The molecule has 1 aromatic rings. The first kappa shape index (κ1) is 11.6. The lowest BCUT2D eigenvalue weighted by molar-refractivity contribution is 0.255. The minimum absolute atomic E-state index is 0.289. The second-order valence-electron chi connectivity index (χ2n) is 4.49. The van der Waals surface area contributed by atoms with Crippen molar-refractivity contribution in [3.63, 3.8) is 0 Å². The van der Waals surface area contributed by atoms with Crippen LogP contribution in [0.2, 0.25) is 0 Å². The highest BCUT2D eigenvalue weighted by Crippen LogP contribution is 2.45. The molecule has 84 valence electrons. The maximum Gasteiger partial charge on any atom is 0.235 e. The molecule has 1 saturated carbocycles. The van der Waals surface area contributed by atoms with Crippen LogP contribution in [0.25, 0.3) is 0 Å². The number of isocyanates is 1. The van der Waals surface area contributed by atoms with E-state index in [1.807, 2.05) is 0 Å². The highest BCUT2D eigenvalue weighted by molar-refractivity contribution is 9.10. The second-order valence-corrected chi connectivity index (χ2v) is 5.34. The Bertz CT molecular complexity index is 448. The fraction of sp³-hybridized carbons (Fsp3) is 0.462. The summed E-state index contributed by atoms with van der Waals surface area (Å²) >= 11 is 3.55. The number of nitrogens with zero attached hydrogens (tertiary/aromatic N) is 1. The van der Waals surface area contributed by atoms with E-state index >= 15 is 0 Å². The maximum absolute atomic E-state index is 10.5. The van der Waals surface area contributed by atoms with Crippen molar-refractivity contribution in [2.45, 2.75) is 38.6 Å². The predicted octanol–water partition coefficient (Wildman–Crippen LogP) is 3.78.